The smallest absolute Gasteiger partial charge is 0.325 e. The number of amides is 3. The summed E-state index contributed by atoms with van der Waals surface area (Å²) in [5, 5.41) is 5.86. The van der Waals surface area contributed by atoms with Crippen LogP contribution in [0, 0.1) is 0 Å². The molecule has 0 bridgehead atoms. The van der Waals surface area contributed by atoms with Crippen LogP contribution in [-0.4, -0.2) is 66.5 Å². The van der Waals surface area contributed by atoms with Gasteiger partial charge >= 0.3 is 6.03 Å². The van der Waals surface area contributed by atoms with E-state index in [1.807, 2.05) is 13.8 Å². The number of nitrogens with zero attached hydrogens (tertiary/aromatic N) is 2. The molecule has 6 nitrogen and oxygen atoms in total. The summed E-state index contributed by atoms with van der Waals surface area (Å²) < 4.78 is 0. The van der Waals surface area contributed by atoms with Crippen LogP contribution in [0.25, 0.3) is 0 Å². The predicted octanol–water partition coefficient (Wildman–Crippen LogP) is -0.778. The fourth-order valence-electron chi connectivity index (χ4n) is 2.52. The third-order valence-electron chi connectivity index (χ3n) is 3.27. The predicted molar refractivity (Wildman–Crippen MR) is 63.6 cm³/mol. The van der Waals surface area contributed by atoms with E-state index in [2.05, 4.69) is 15.5 Å². The van der Waals surface area contributed by atoms with Crippen LogP contribution in [0.4, 0.5) is 4.79 Å². The third kappa shape index (κ3) is 2.58. The van der Waals surface area contributed by atoms with Gasteiger partial charge < -0.3 is 10.6 Å². The Morgan fingerprint density at radius 1 is 1.24 bits per heavy atom. The zero-order valence-corrected chi connectivity index (χ0v) is 10.5. The van der Waals surface area contributed by atoms with Gasteiger partial charge in [-0.3, -0.25) is 14.6 Å². The number of rotatable bonds is 3. The first-order valence-corrected chi connectivity index (χ1v) is 6.05. The summed E-state index contributed by atoms with van der Waals surface area (Å²) in [4.78, 5) is 27.0. The molecule has 2 aliphatic rings. The van der Waals surface area contributed by atoms with Gasteiger partial charge in [-0.15, -0.1) is 0 Å². The van der Waals surface area contributed by atoms with Crippen molar-refractivity contribution >= 4 is 11.9 Å². The van der Waals surface area contributed by atoms with Crippen LogP contribution in [0.3, 0.4) is 0 Å². The van der Waals surface area contributed by atoms with E-state index in [0.29, 0.717) is 0 Å². The van der Waals surface area contributed by atoms with Crippen LogP contribution in [0.5, 0.6) is 0 Å². The minimum atomic E-state index is -0.449. The van der Waals surface area contributed by atoms with Crippen molar-refractivity contribution in [3.05, 3.63) is 0 Å². The van der Waals surface area contributed by atoms with E-state index in [1.54, 1.807) is 0 Å². The van der Waals surface area contributed by atoms with E-state index in [1.165, 1.54) is 4.90 Å². The minimum Gasteiger partial charge on any atom is -0.329 e. The van der Waals surface area contributed by atoms with Gasteiger partial charge in [-0.25, -0.2) is 4.79 Å². The molecule has 2 N–H and O–H groups in total. The van der Waals surface area contributed by atoms with E-state index < -0.39 is 5.54 Å². The van der Waals surface area contributed by atoms with Gasteiger partial charge in [0, 0.05) is 32.7 Å². The van der Waals surface area contributed by atoms with E-state index in [-0.39, 0.29) is 18.5 Å². The van der Waals surface area contributed by atoms with Gasteiger partial charge in [-0.1, -0.05) is 0 Å². The Balaban J connectivity index is 2.01. The summed E-state index contributed by atoms with van der Waals surface area (Å²) >= 11 is 0. The van der Waals surface area contributed by atoms with Crippen molar-refractivity contribution in [2.45, 2.75) is 19.4 Å². The minimum absolute atomic E-state index is 0.129. The molecule has 2 heterocycles. The first kappa shape index (κ1) is 12.3. The maximum absolute atomic E-state index is 11.7. The molecule has 0 radical (unpaired) electrons. The maximum Gasteiger partial charge on any atom is 0.325 e. The van der Waals surface area contributed by atoms with Crippen molar-refractivity contribution in [2.75, 3.05) is 39.3 Å². The Morgan fingerprint density at radius 2 is 1.88 bits per heavy atom. The quantitative estimate of drug-likeness (QED) is 0.635. The Kier molecular flexibility index (Phi) is 3.35. The molecular formula is C11H20N4O2. The molecule has 0 aliphatic carbocycles. The fraction of sp³-hybridized carbons (Fsp3) is 0.818. The van der Waals surface area contributed by atoms with Gasteiger partial charge in [0.2, 0.25) is 0 Å². The van der Waals surface area contributed by atoms with Gasteiger partial charge in [0.15, 0.2) is 0 Å². The summed E-state index contributed by atoms with van der Waals surface area (Å²) in [6.07, 6.45) is 0. The lowest BCUT2D eigenvalue weighted by atomic mass is 10.0. The second kappa shape index (κ2) is 4.62. The van der Waals surface area contributed by atoms with Crippen LogP contribution in [0.2, 0.25) is 0 Å². The summed E-state index contributed by atoms with van der Waals surface area (Å²) in [7, 11) is 0. The standard InChI is InChI=1S/C11H20N4O2/c1-11(2,8-14-5-3-12-4-6-14)15-9(16)7-13-10(15)17/h12H,3-8H2,1-2H3,(H,13,17). The monoisotopic (exact) mass is 240 g/mol. The van der Waals surface area contributed by atoms with Crippen molar-refractivity contribution in [1.82, 2.24) is 20.4 Å². The largest absolute Gasteiger partial charge is 0.329 e. The maximum atomic E-state index is 11.7. The molecule has 0 atom stereocenters. The molecule has 96 valence electrons. The Morgan fingerprint density at radius 3 is 2.41 bits per heavy atom. The molecule has 2 aliphatic heterocycles. The molecular weight excluding hydrogens is 220 g/mol. The zero-order valence-electron chi connectivity index (χ0n) is 10.5. The van der Waals surface area contributed by atoms with Gasteiger partial charge in [0.25, 0.3) is 5.91 Å². The van der Waals surface area contributed by atoms with Gasteiger partial charge in [-0.05, 0) is 13.8 Å². The topological polar surface area (TPSA) is 64.7 Å². The third-order valence-corrected chi connectivity index (χ3v) is 3.27. The Labute approximate surface area is 101 Å². The highest BCUT2D eigenvalue weighted by molar-refractivity contribution is 6.02. The van der Waals surface area contributed by atoms with Gasteiger partial charge in [0.1, 0.15) is 0 Å². The molecule has 2 saturated heterocycles. The fourth-order valence-corrected chi connectivity index (χ4v) is 2.52. The molecule has 0 aromatic carbocycles. The highest BCUT2D eigenvalue weighted by Crippen LogP contribution is 2.19. The van der Waals surface area contributed by atoms with Crippen LogP contribution in [0.15, 0.2) is 0 Å². The van der Waals surface area contributed by atoms with Crippen LogP contribution in [-0.2, 0) is 4.79 Å². The highest BCUT2D eigenvalue weighted by Gasteiger charge is 2.41. The summed E-state index contributed by atoms with van der Waals surface area (Å²) in [5.41, 5.74) is -0.449. The van der Waals surface area contributed by atoms with E-state index in [4.69, 9.17) is 0 Å². The summed E-state index contributed by atoms with van der Waals surface area (Å²) in [6, 6.07) is -0.268. The second-order valence-corrected chi connectivity index (χ2v) is 5.23. The van der Waals surface area contributed by atoms with Crippen molar-refractivity contribution < 1.29 is 9.59 Å². The SMILES string of the molecule is CC(C)(CN1CCNCC1)N1C(=O)CNC1=O. The summed E-state index contributed by atoms with van der Waals surface area (Å²) in [6.45, 7) is 8.61. The van der Waals surface area contributed by atoms with Crippen molar-refractivity contribution in [3.63, 3.8) is 0 Å². The number of carbonyl (C=O) groups excluding carboxylic acids is 2. The molecule has 0 aromatic rings. The number of imide groups is 1. The zero-order chi connectivity index (χ0) is 12.5. The second-order valence-electron chi connectivity index (χ2n) is 5.23. The number of hydrogen-bond acceptors (Lipinski definition) is 4. The molecule has 3 amide bonds. The normalized spacial score (nSPS) is 23.1. The lowest BCUT2D eigenvalue weighted by molar-refractivity contribution is -0.129. The highest BCUT2D eigenvalue weighted by atomic mass is 16.2. The number of carbonyl (C=O) groups is 2. The number of hydrogen-bond donors (Lipinski definition) is 2. The van der Waals surface area contributed by atoms with Gasteiger partial charge in [0.05, 0.1) is 12.1 Å². The Hall–Kier alpha value is -1.14. The average molecular weight is 240 g/mol. The van der Waals surface area contributed by atoms with Crippen LogP contribution < -0.4 is 10.6 Å². The molecule has 2 fully saturated rings. The Bertz CT molecular complexity index is 307. The van der Waals surface area contributed by atoms with Crippen molar-refractivity contribution in [3.8, 4) is 0 Å². The van der Waals surface area contributed by atoms with Crippen LogP contribution >= 0.6 is 0 Å². The van der Waals surface area contributed by atoms with Crippen molar-refractivity contribution in [2.24, 2.45) is 0 Å². The van der Waals surface area contributed by atoms with E-state index in [9.17, 15) is 9.59 Å². The molecule has 17 heavy (non-hydrogen) atoms. The molecule has 0 spiro atoms. The molecule has 6 heteroatoms. The van der Waals surface area contributed by atoms with Gasteiger partial charge in [-0.2, -0.15) is 0 Å². The first-order chi connectivity index (χ1) is 8.00. The molecule has 0 saturated carbocycles. The lowest BCUT2D eigenvalue weighted by Crippen LogP contribution is -2.57. The lowest BCUT2D eigenvalue weighted by Gasteiger charge is -2.39. The number of urea groups is 1. The van der Waals surface area contributed by atoms with Crippen LogP contribution in [0.1, 0.15) is 13.8 Å². The van der Waals surface area contributed by atoms with E-state index in [0.717, 1.165) is 32.7 Å². The number of piperazine rings is 1. The molecule has 0 unspecified atom stereocenters. The van der Waals surface area contributed by atoms with Crippen molar-refractivity contribution in [1.29, 1.82) is 0 Å². The number of nitrogens with one attached hydrogen (secondary N) is 2. The average Bonchev–Trinajstić information content (AvgIpc) is 2.59. The molecule has 2 rings (SSSR count). The molecule has 0 aromatic heterocycles. The first-order valence-electron chi connectivity index (χ1n) is 6.05. The van der Waals surface area contributed by atoms with E-state index >= 15 is 0 Å². The summed E-state index contributed by atoms with van der Waals surface area (Å²) in [5.74, 6) is -0.130.